The number of aliphatic hydroxyl groups is 1. The number of hydrogen-bond donors (Lipinski definition) is 3. The fraction of sp³-hybridized carbons (Fsp3) is 0.250. The van der Waals surface area contributed by atoms with E-state index in [1.807, 2.05) is 0 Å². The standard InChI is InChI=1S/C4H7NO.C3H5NO.CH4O/c1-3(2)4(5)6;1-2-3(4)5;1-2/h1H2,2H3,(H2,5,6);2H,1H2,(H2,4,5);2H,1H3. The lowest BCUT2D eigenvalue weighted by molar-refractivity contribution is -0.115. The van der Waals surface area contributed by atoms with Crippen LogP contribution in [0.25, 0.3) is 0 Å². The third-order valence-electron chi connectivity index (χ3n) is 0.622. The van der Waals surface area contributed by atoms with Crippen molar-refractivity contribution in [2.24, 2.45) is 11.5 Å². The molecule has 0 spiro atoms. The van der Waals surface area contributed by atoms with Crippen LogP contribution in [0.5, 0.6) is 0 Å². The Bertz CT molecular complexity index is 176. The average Bonchev–Trinajstić information content (AvgIpc) is 2.09. The third kappa shape index (κ3) is 38.0. The van der Waals surface area contributed by atoms with Gasteiger partial charge in [0.05, 0.1) is 0 Å². The molecule has 0 radical (unpaired) electrons. The molecule has 0 aromatic rings. The van der Waals surface area contributed by atoms with E-state index in [0.717, 1.165) is 13.2 Å². The van der Waals surface area contributed by atoms with Crippen molar-refractivity contribution in [1.29, 1.82) is 0 Å². The number of carbonyl (C=O) groups excluding carboxylic acids is 2. The SMILES string of the molecule is C=C(C)C(N)=O.C=CC(N)=O.CO. The van der Waals surface area contributed by atoms with Gasteiger partial charge in [0, 0.05) is 12.7 Å². The summed E-state index contributed by atoms with van der Waals surface area (Å²) in [7, 11) is 1.00. The molecule has 76 valence electrons. The highest BCUT2D eigenvalue weighted by Crippen LogP contribution is 1.78. The average molecular weight is 188 g/mol. The van der Waals surface area contributed by atoms with E-state index in [1.165, 1.54) is 0 Å². The van der Waals surface area contributed by atoms with Gasteiger partial charge >= 0.3 is 0 Å². The number of nitrogens with two attached hydrogens (primary N) is 2. The topological polar surface area (TPSA) is 106 Å². The molecule has 13 heavy (non-hydrogen) atoms. The molecule has 0 aliphatic rings. The summed E-state index contributed by atoms with van der Waals surface area (Å²) in [6.45, 7) is 7.94. The zero-order chi connectivity index (χ0) is 11.4. The number of rotatable bonds is 2. The molecule has 0 aromatic carbocycles. The fourth-order valence-corrected chi connectivity index (χ4v) is 0. The molecule has 0 aromatic heterocycles. The van der Waals surface area contributed by atoms with E-state index in [-0.39, 0.29) is 0 Å². The van der Waals surface area contributed by atoms with Crippen LogP contribution in [0.4, 0.5) is 0 Å². The van der Waals surface area contributed by atoms with Crippen LogP contribution in [0.3, 0.4) is 0 Å². The van der Waals surface area contributed by atoms with Gasteiger partial charge in [0.2, 0.25) is 11.8 Å². The molecule has 0 atom stereocenters. The zero-order valence-electron chi connectivity index (χ0n) is 7.91. The first kappa shape index (κ1) is 17.5. The monoisotopic (exact) mass is 188 g/mol. The van der Waals surface area contributed by atoms with Crippen molar-refractivity contribution < 1.29 is 14.7 Å². The van der Waals surface area contributed by atoms with E-state index in [9.17, 15) is 9.59 Å². The molecule has 5 heteroatoms. The van der Waals surface area contributed by atoms with Crippen LogP contribution >= 0.6 is 0 Å². The van der Waals surface area contributed by atoms with Crippen LogP contribution in [-0.2, 0) is 9.59 Å². The second-order valence-corrected chi connectivity index (χ2v) is 1.75. The van der Waals surface area contributed by atoms with Crippen LogP contribution in [0.1, 0.15) is 6.92 Å². The highest BCUT2D eigenvalue weighted by atomic mass is 16.2. The Morgan fingerprint density at radius 2 is 1.46 bits per heavy atom. The Balaban J connectivity index is -0.000000131. The maximum Gasteiger partial charge on any atom is 0.243 e. The first-order chi connectivity index (χ1) is 5.91. The van der Waals surface area contributed by atoms with Gasteiger partial charge in [0.25, 0.3) is 0 Å². The molecule has 0 fully saturated rings. The minimum atomic E-state index is -0.481. The van der Waals surface area contributed by atoms with E-state index in [0.29, 0.717) is 5.57 Å². The molecule has 2 amide bonds. The summed E-state index contributed by atoms with van der Waals surface area (Å²) in [6.07, 6.45) is 1.06. The van der Waals surface area contributed by atoms with Crippen molar-refractivity contribution in [3.8, 4) is 0 Å². The van der Waals surface area contributed by atoms with Crippen LogP contribution in [0.15, 0.2) is 24.8 Å². The van der Waals surface area contributed by atoms with Crippen molar-refractivity contribution >= 4 is 11.8 Å². The first-order valence-electron chi connectivity index (χ1n) is 3.23. The predicted molar refractivity (Wildman–Crippen MR) is 51.5 cm³/mol. The quantitative estimate of drug-likeness (QED) is 0.499. The number of primary amides is 2. The number of hydrogen-bond acceptors (Lipinski definition) is 3. The van der Waals surface area contributed by atoms with E-state index in [2.05, 4.69) is 18.9 Å². The highest BCUT2D eigenvalue weighted by molar-refractivity contribution is 5.90. The Hall–Kier alpha value is -1.62. The Morgan fingerprint density at radius 1 is 1.31 bits per heavy atom. The summed E-state index contributed by atoms with van der Waals surface area (Å²) < 4.78 is 0. The van der Waals surface area contributed by atoms with E-state index in [1.54, 1.807) is 6.92 Å². The van der Waals surface area contributed by atoms with Gasteiger partial charge in [-0.05, 0) is 13.0 Å². The molecule has 0 unspecified atom stereocenters. The van der Waals surface area contributed by atoms with Crippen LogP contribution in [-0.4, -0.2) is 24.0 Å². The second kappa shape index (κ2) is 13.0. The van der Waals surface area contributed by atoms with Gasteiger partial charge in [-0.3, -0.25) is 9.59 Å². The molecular weight excluding hydrogens is 172 g/mol. The third-order valence-corrected chi connectivity index (χ3v) is 0.622. The van der Waals surface area contributed by atoms with Gasteiger partial charge in [-0.25, -0.2) is 0 Å². The normalized spacial score (nSPS) is 6.38. The van der Waals surface area contributed by atoms with Gasteiger partial charge in [0.15, 0.2) is 0 Å². The predicted octanol–water partition coefficient (Wildman–Crippen LogP) is -0.686. The molecule has 0 saturated carbocycles. The first-order valence-corrected chi connectivity index (χ1v) is 3.23. The van der Waals surface area contributed by atoms with Gasteiger partial charge < -0.3 is 16.6 Å². The maximum atomic E-state index is 9.82. The summed E-state index contributed by atoms with van der Waals surface area (Å²) in [5.74, 6) is -0.917. The number of carbonyl (C=O) groups is 2. The number of amides is 2. The lowest BCUT2D eigenvalue weighted by Crippen LogP contribution is -2.10. The molecule has 0 heterocycles. The second-order valence-electron chi connectivity index (χ2n) is 1.75. The minimum Gasteiger partial charge on any atom is -0.400 e. The molecule has 0 saturated heterocycles. The lowest BCUT2D eigenvalue weighted by Gasteiger charge is -1.81. The van der Waals surface area contributed by atoms with Crippen molar-refractivity contribution in [2.75, 3.05) is 7.11 Å². The van der Waals surface area contributed by atoms with Gasteiger partial charge in [-0.2, -0.15) is 0 Å². The van der Waals surface area contributed by atoms with E-state index in [4.69, 9.17) is 10.8 Å². The summed E-state index contributed by atoms with van der Waals surface area (Å²) in [5, 5.41) is 7.00. The minimum absolute atomic E-state index is 0.398. The Labute approximate surface area is 77.7 Å². The molecule has 0 rings (SSSR count). The van der Waals surface area contributed by atoms with Crippen molar-refractivity contribution in [1.82, 2.24) is 0 Å². The zero-order valence-corrected chi connectivity index (χ0v) is 7.91. The molecule has 0 aliphatic carbocycles. The lowest BCUT2D eigenvalue weighted by atomic mass is 10.3. The smallest absolute Gasteiger partial charge is 0.243 e. The molecular formula is C8H16N2O3. The Morgan fingerprint density at radius 3 is 1.46 bits per heavy atom. The van der Waals surface area contributed by atoms with Gasteiger partial charge in [0.1, 0.15) is 0 Å². The summed E-state index contributed by atoms with van der Waals surface area (Å²) in [6, 6.07) is 0. The van der Waals surface area contributed by atoms with E-state index < -0.39 is 11.8 Å². The largest absolute Gasteiger partial charge is 0.400 e. The van der Waals surface area contributed by atoms with Crippen molar-refractivity contribution in [2.45, 2.75) is 6.92 Å². The molecule has 0 bridgehead atoms. The van der Waals surface area contributed by atoms with E-state index >= 15 is 0 Å². The summed E-state index contributed by atoms with van der Waals surface area (Å²) >= 11 is 0. The molecule has 0 aliphatic heterocycles. The maximum absolute atomic E-state index is 9.82. The highest BCUT2D eigenvalue weighted by Gasteiger charge is 1.86. The van der Waals surface area contributed by atoms with Gasteiger partial charge in [-0.1, -0.05) is 13.2 Å². The van der Waals surface area contributed by atoms with Crippen molar-refractivity contribution in [3.63, 3.8) is 0 Å². The fourth-order valence-electron chi connectivity index (χ4n) is 0. The molecule has 5 N–H and O–H groups in total. The summed E-state index contributed by atoms with van der Waals surface area (Å²) in [4.78, 5) is 19.3. The number of aliphatic hydroxyl groups excluding tert-OH is 1. The van der Waals surface area contributed by atoms with Crippen LogP contribution < -0.4 is 11.5 Å². The Kier molecular flexibility index (Phi) is 17.5. The summed E-state index contributed by atoms with van der Waals surface area (Å²) in [5.41, 5.74) is 9.63. The van der Waals surface area contributed by atoms with Crippen molar-refractivity contribution in [3.05, 3.63) is 24.8 Å². The molecule has 5 nitrogen and oxygen atoms in total. The van der Waals surface area contributed by atoms with Crippen LogP contribution in [0.2, 0.25) is 0 Å². The van der Waals surface area contributed by atoms with Gasteiger partial charge in [-0.15, -0.1) is 0 Å². The van der Waals surface area contributed by atoms with Crippen LogP contribution in [0, 0.1) is 0 Å².